The number of rotatable bonds is 2. The zero-order chi connectivity index (χ0) is 21.1. The molecule has 7 aromatic rings. The zero-order valence-corrected chi connectivity index (χ0v) is 17.0. The third kappa shape index (κ3) is 2.48. The van der Waals surface area contributed by atoms with Crippen molar-refractivity contribution in [1.29, 1.82) is 0 Å². The van der Waals surface area contributed by atoms with Gasteiger partial charge < -0.3 is 4.98 Å². The van der Waals surface area contributed by atoms with E-state index in [1.165, 1.54) is 0 Å². The SMILES string of the molecule is c1ccc(-c2cc3c(cn2)[nH]c2c3cnc3c2ccn3-c2ccc3ccccc3n2)cc1. The van der Waals surface area contributed by atoms with Crippen molar-refractivity contribution in [2.24, 2.45) is 0 Å². The highest BCUT2D eigenvalue weighted by Gasteiger charge is 2.14. The molecule has 5 aromatic heterocycles. The second-order valence-corrected chi connectivity index (χ2v) is 7.94. The van der Waals surface area contributed by atoms with Gasteiger partial charge in [0.15, 0.2) is 0 Å². The fraction of sp³-hybridized carbons (Fsp3) is 0. The Balaban J connectivity index is 1.43. The molecule has 0 amide bonds. The Bertz CT molecular complexity index is 1780. The van der Waals surface area contributed by atoms with Crippen LogP contribution >= 0.6 is 0 Å². The first-order chi connectivity index (χ1) is 15.8. The van der Waals surface area contributed by atoms with E-state index in [1.54, 1.807) is 0 Å². The van der Waals surface area contributed by atoms with Gasteiger partial charge in [0.05, 0.1) is 28.4 Å². The topological polar surface area (TPSA) is 59.4 Å². The summed E-state index contributed by atoms with van der Waals surface area (Å²) in [5.41, 5.74) is 5.98. The molecular weight excluding hydrogens is 394 g/mol. The number of hydrogen-bond acceptors (Lipinski definition) is 3. The maximum Gasteiger partial charge on any atom is 0.147 e. The smallest absolute Gasteiger partial charge is 0.147 e. The summed E-state index contributed by atoms with van der Waals surface area (Å²) >= 11 is 0. The molecule has 0 atom stereocenters. The summed E-state index contributed by atoms with van der Waals surface area (Å²) in [5, 5.41) is 4.41. The van der Waals surface area contributed by atoms with Crippen LogP contribution in [0.5, 0.6) is 0 Å². The molecule has 0 aliphatic rings. The molecule has 0 radical (unpaired) electrons. The summed E-state index contributed by atoms with van der Waals surface area (Å²) in [6, 6.07) is 26.8. The number of para-hydroxylation sites is 1. The molecule has 0 aliphatic heterocycles. The van der Waals surface area contributed by atoms with Crippen molar-refractivity contribution in [3.05, 3.63) is 97.5 Å². The fourth-order valence-corrected chi connectivity index (χ4v) is 4.48. The lowest BCUT2D eigenvalue weighted by Crippen LogP contribution is -1.97. The molecule has 0 bridgehead atoms. The monoisotopic (exact) mass is 411 g/mol. The molecule has 32 heavy (non-hydrogen) atoms. The number of hydrogen-bond donors (Lipinski definition) is 1. The lowest BCUT2D eigenvalue weighted by atomic mass is 10.1. The summed E-state index contributed by atoms with van der Waals surface area (Å²) < 4.78 is 2.04. The highest BCUT2D eigenvalue weighted by atomic mass is 15.1. The molecular formula is C27H17N5. The van der Waals surface area contributed by atoms with Crippen molar-refractivity contribution in [1.82, 2.24) is 24.5 Å². The third-order valence-corrected chi connectivity index (χ3v) is 6.07. The normalized spacial score (nSPS) is 11.8. The van der Waals surface area contributed by atoms with Crippen LogP contribution in [0, 0.1) is 0 Å². The van der Waals surface area contributed by atoms with Crippen molar-refractivity contribution in [3.8, 4) is 17.1 Å². The van der Waals surface area contributed by atoms with Crippen LogP contribution in [0.15, 0.2) is 97.5 Å². The lowest BCUT2D eigenvalue weighted by molar-refractivity contribution is 1.04. The third-order valence-electron chi connectivity index (χ3n) is 6.07. The summed E-state index contributed by atoms with van der Waals surface area (Å²) in [6.45, 7) is 0. The Hall–Kier alpha value is -4.51. The standard InChI is InChI=1S/C27H17N5/c1-2-6-17(7-3-1)23-14-20-21-15-29-27-19(26(21)31-24(20)16-28-23)12-13-32(27)25-11-10-18-8-4-5-9-22(18)30-25/h1-16,31H. The summed E-state index contributed by atoms with van der Waals surface area (Å²) in [7, 11) is 0. The number of aromatic nitrogens is 5. The van der Waals surface area contributed by atoms with E-state index in [0.717, 1.165) is 60.8 Å². The molecule has 0 aliphatic carbocycles. The van der Waals surface area contributed by atoms with E-state index in [9.17, 15) is 0 Å². The van der Waals surface area contributed by atoms with E-state index in [0.29, 0.717) is 0 Å². The summed E-state index contributed by atoms with van der Waals surface area (Å²) in [5.74, 6) is 0.856. The highest BCUT2D eigenvalue weighted by Crippen LogP contribution is 2.33. The van der Waals surface area contributed by atoms with Gasteiger partial charge in [0.25, 0.3) is 0 Å². The van der Waals surface area contributed by atoms with Gasteiger partial charge in [-0.15, -0.1) is 0 Å². The van der Waals surface area contributed by atoms with E-state index in [4.69, 9.17) is 9.97 Å². The van der Waals surface area contributed by atoms with Gasteiger partial charge in [-0.05, 0) is 30.3 Å². The second kappa shape index (κ2) is 6.49. The number of H-pyrrole nitrogens is 1. The molecule has 5 heteroatoms. The minimum atomic E-state index is 0.856. The molecule has 7 rings (SSSR count). The van der Waals surface area contributed by atoms with Gasteiger partial charge in [-0.25, -0.2) is 9.97 Å². The highest BCUT2D eigenvalue weighted by molar-refractivity contribution is 6.15. The van der Waals surface area contributed by atoms with Crippen molar-refractivity contribution < 1.29 is 0 Å². The van der Waals surface area contributed by atoms with E-state index < -0.39 is 0 Å². The molecule has 0 fully saturated rings. The van der Waals surface area contributed by atoms with Crippen LogP contribution in [-0.2, 0) is 0 Å². The Morgan fingerprint density at radius 3 is 2.53 bits per heavy atom. The number of fused-ring (bicyclic) bond motifs is 6. The van der Waals surface area contributed by atoms with Gasteiger partial charge >= 0.3 is 0 Å². The van der Waals surface area contributed by atoms with Crippen molar-refractivity contribution >= 4 is 43.7 Å². The zero-order valence-electron chi connectivity index (χ0n) is 17.0. The van der Waals surface area contributed by atoms with Crippen LogP contribution in [0.1, 0.15) is 0 Å². The Kier molecular flexibility index (Phi) is 3.49. The summed E-state index contributed by atoms with van der Waals surface area (Å²) in [6.07, 6.45) is 5.89. The molecule has 1 N–H and O–H groups in total. The van der Waals surface area contributed by atoms with Crippen LogP contribution in [0.2, 0.25) is 0 Å². The van der Waals surface area contributed by atoms with Gasteiger partial charge in [-0.2, -0.15) is 0 Å². The number of aromatic amines is 1. The van der Waals surface area contributed by atoms with Crippen LogP contribution in [-0.4, -0.2) is 24.5 Å². The predicted molar refractivity (Wildman–Crippen MR) is 129 cm³/mol. The first-order valence-corrected chi connectivity index (χ1v) is 10.5. The Labute approximate surface area is 183 Å². The number of pyridine rings is 3. The molecule has 150 valence electrons. The van der Waals surface area contributed by atoms with Crippen molar-refractivity contribution in [2.75, 3.05) is 0 Å². The minimum absolute atomic E-state index is 0.856. The Morgan fingerprint density at radius 1 is 0.719 bits per heavy atom. The molecule has 5 heterocycles. The van der Waals surface area contributed by atoms with Crippen LogP contribution in [0.25, 0.3) is 60.8 Å². The van der Waals surface area contributed by atoms with Gasteiger partial charge in [0.2, 0.25) is 0 Å². The molecule has 0 saturated carbocycles. The van der Waals surface area contributed by atoms with Crippen molar-refractivity contribution in [3.63, 3.8) is 0 Å². The first kappa shape index (κ1) is 17.2. The molecule has 0 spiro atoms. The molecule has 0 saturated heterocycles. The number of nitrogens with one attached hydrogen (secondary N) is 1. The Morgan fingerprint density at radius 2 is 1.59 bits per heavy atom. The lowest BCUT2D eigenvalue weighted by Gasteiger charge is -2.05. The summed E-state index contributed by atoms with van der Waals surface area (Å²) in [4.78, 5) is 17.9. The van der Waals surface area contributed by atoms with Gasteiger partial charge in [0.1, 0.15) is 11.5 Å². The van der Waals surface area contributed by atoms with E-state index in [-0.39, 0.29) is 0 Å². The van der Waals surface area contributed by atoms with E-state index in [2.05, 4.69) is 46.4 Å². The largest absolute Gasteiger partial charge is 0.353 e. The second-order valence-electron chi connectivity index (χ2n) is 7.94. The van der Waals surface area contributed by atoms with E-state index in [1.807, 2.05) is 65.6 Å². The number of benzene rings is 2. The molecule has 2 aromatic carbocycles. The average Bonchev–Trinajstić information content (AvgIpc) is 3.45. The first-order valence-electron chi connectivity index (χ1n) is 10.5. The van der Waals surface area contributed by atoms with Crippen LogP contribution in [0.4, 0.5) is 0 Å². The van der Waals surface area contributed by atoms with Crippen LogP contribution < -0.4 is 0 Å². The maximum atomic E-state index is 4.84. The number of nitrogens with zero attached hydrogens (tertiary/aromatic N) is 4. The maximum absolute atomic E-state index is 4.84. The van der Waals surface area contributed by atoms with Crippen LogP contribution in [0.3, 0.4) is 0 Å². The molecule has 5 nitrogen and oxygen atoms in total. The predicted octanol–water partition coefficient (Wildman–Crippen LogP) is 6.27. The molecule has 0 unspecified atom stereocenters. The van der Waals surface area contributed by atoms with E-state index >= 15 is 0 Å². The van der Waals surface area contributed by atoms with Gasteiger partial charge in [-0.3, -0.25) is 9.55 Å². The van der Waals surface area contributed by atoms with Gasteiger partial charge in [-0.1, -0.05) is 48.5 Å². The quantitative estimate of drug-likeness (QED) is 0.365. The van der Waals surface area contributed by atoms with Gasteiger partial charge in [0, 0.05) is 39.5 Å². The average molecular weight is 411 g/mol. The minimum Gasteiger partial charge on any atom is -0.353 e. The van der Waals surface area contributed by atoms with Crippen molar-refractivity contribution in [2.45, 2.75) is 0 Å². The fourth-order valence-electron chi connectivity index (χ4n) is 4.48.